The molecule has 0 saturated heterocycles. The molecule has 1 aromatic rings. The van der Waals surface area contributed by atoms with Crippen LogP contribution < -0.4 is 10.7 Å². The molecule has 0 aliphatic heterocycles. The van der Waals surface area contributed by atoms with Gasteiger partial charge in [0.1, 0.15) is 5.75 Å². The van der Waals surface area contributed by atoms with Gasteiger partial charge in [-0.15, -0.1) is 0 Å². The van der Waals surface area contributed by atoms with Crippen molar-refractivity contribution in [2.75, 3.05) is 0 Å². The Bertz CT molecular complexity index is 490. The second kappa shape index (κ2) is 7.24. The van der Waals surface area contributed by atoms with Crippen LogP contribution in [0.5, 0.6) is 5.75 Å². The van der Waals surface area contributed by atoms with Crippen LogP contribution in [-0.2, 0) is 0 Å². The third-order valence-electron chi connectivity index (χ3n) is 3.73. The van der Waals surface area contributed by atoms with Crippen molar-refractivity contribution in [2.45, 2.75) is 38.6 Å². The van der Waals surface area contributed by atoms with E-state index in [-0.39, 0.29) is 5.75 Å². The van der Waals surface area contributed by atoms with E-state index >= 15 is 0 Å². The number of nitrogens with zero attached hydrogens (tertiary/aromatic N) is 1. The first-order chi connectivity index (χ1) is 9.66. The van der Waals surface area contributed by atoms with E-state index in [1.165, 1.54) is 19.3 Å². The summed E-state index contributed by atoms with van der Waals surface area (Å²) in [5, 5.41) is 17.5. The van der Waals surface area contributed by atoms with Crippen LogP contribution in [0.3, 0.4) is 0 Å². The van der Waals surface area contributed by atoms with Gasteiger partial charge in [-0.2, -0.15) is 5.10 Å². The number of hydrazone groups is 1. The number of thiocarbonyl (C=S) groups is 1. The molecule has 2 atom stereocenters. The summed E-state index contributed by atoms with van der Waals surface area (Å²) < 4.78 is 0. The van der Waals surface area contributed by atoms with Crippen LogP contribution in [0.15, 0.2) is 29.4 Å². The molecular formula is C15H21N3OS. The van der Waals surface area contributed by atoms with E-state index in [1.807, 2.05) is 6.07 Å². The first-order valence-corrected chi connectivity index (χ1v) is 7.45. The molecular weight excluding hydrogens is 270 g/mol. The molecule has 1 aliphatic carbocycles. The fraction of sp³-hybridized carbons (Fsp3) is 0.467. The molecule has 0 bridgehead atoms. The molecule has 1 aliphatic rings. The smallest absolute Gasteiger partial charge is 0.187 e. The maximum absolute atomic E-state index is 9.60. The topological polar surface area (TPSA) is 56.7 Å². The van der Waals surface area contributed by atoms with Crippen LogP contribution in [-0.4, -0.2) is 22.5 Å². The highest BCUT2D eigenvalue weighted by atomic mass is 32.1. The van der Waals surface area contributed by atoms with Gasteiger partial charge in [-0.25, -0.2) is 0 Å². The summed E-state index contributed by atoms with van der Waals surface area (Å²) >= 11 is 5.24. The Hall–Kier alpha value is -1.62. The number of nitrogens with one attached hydrogen (secondary N) is 2. The molecule has 1 saturated carbocycles. The third-order valence-corrected chi connectivity index (χ3v) is 3.94. The van der Waals surface area contributed by atoms with Crippen molar-refractivity contribution >= 4 is 23.5 Å². The molecule has 0 radical (unpaired) electrons. The van der Waals surface area contributed by atoms with Crippen LogP contribution >= 0.6 is 12.2 Å². The first-order valence-electron chi connectivity index (χ1n) is 7.04. The van der Waals surface area contributed by atoms with Crippen molar-refractivity contribution in [1.82, 2.24) is 10.7 Å². The van der Waals surface area contributed by atoms with E-state index in [0.29, 0.717) is 22.6 Å². The second-order valence-corrected chi connectivity index (χ2v) is 5.68. The van der Waals surface area contributed by atoms with Gasteiger partial charge in [-0.05, 0) is 43.1 Å². The average molecular weight is 291 g/mol. The Balaban J connectivity index is 1.81. The number of hydrogen-bond acceptors (Lipinski definition) is 3. The zero-order valence-electron chi connectivity index (χ0n) is 11.7. The fourth-order valence-corrected chi connectivity index (χ4v) is 2.69. The molecule has 4 nitrogen and oxygen atoms in total. The van der Waals surface area contributed by atoms with Crippen LogP contribution in [0.25, 0.3) is 0 Å². The van der Waals surface area contributed by atoms with Gasteiger partial charge in [-0.1, -0.05) is 31.9 Å². The average Bonchev–Trinajstić information content (AvgIpc) is 2.43. The van der Waals surface area contributed by atoms with Gasteiger partial charge in [-0.3, -0.25) is 5.43 Å². The van der Waals surface area contributed by atoms with Gasteiger partial charge < -0.3 is 10.4 Å². The second-order valence-electron chi connectivity index (χ2n) is 5.27. The maximum atomic E-state index is 9.60. The number of aromatic hydroxyl groups is 1. The van der Waals surface area contributed by atoms with Crippen LogP contribution in [0.4, 0.5) is 0 Å². The van der Waals surface area contributed by atoms with Gasteiger partial charge in [0.2, 0.25) is 0 Å². The van der Waals surface area contributed by atoms with Gasteiger partial charge in [0.25, 0.3) is 0 Å². The summed E-state index contributed by atoms with van der Waals surface area (Å²) in [5.41, 5.74) is 3.47. The van der Waals surface area contributed by atoms with Crippen molar-refractivity contribution in [2.24, 2.45) is 11.0 Å². The minimum absolute atomic E-state index is 0.206. The molecule has 0 heterocycles. The minimum Gasteiger partial charge on any atom is -0.507 e. The van der Waals surface area contributed by atoms with Gasteiger partial charge in [0.05, 0.1) is 6.21 Å². The lowest BCUT2D eigenvalue weighted by Gasteiger charge is -2.30. The number of rotatable bonds is 3. The molecule has 3 N–H and O–H groups in total. The highest BCUT2D eigenvalue weighted by Crippen LogP contribution is 2.23. The highest BCUT2D eigenvalue weighted by molar-refractivity contribution is 7.80. The summed E-state index contributed by atoms with van der Waals surface area (Å²) in [6.07, 6.45) is 6.54. The number of phenolic OH excluding ortho intramolecular Hbond substituents is 1. The molecule has 1 aromatic carbocycles. The molecule has 108 valence electrons. The highest BCUT2D eigenvalue weighted by Gasteiger charge is 2.21. The monoisotopic (exact) mass is 291 g/mol. The molecule has 0 amide bonds. The maximum Gasteiger partial charge on any atom is 0.187 e. The Kier molecular flexibility index (Phi) is 5.35. The molecule has 0 aromatic heterocycles. The Morgan fingerprint density at radius 1 is 1.35 bits per heavy atom. The lowest BCUT2D eigenvalue weighted by Crippen LogP contribution is -2.44. The number of hydrogen-bond donors (Lipinski definition) is 3. The Morgan fingerprint density at radius 3 is 2.85 bits per heavy atom. The van der Waals surface area contributed by atoms with Crippen molar-refractivity contribution < 1.29 is 5.11 Å². The summed E-state index contributed by atoms with van der Waals surface area (Å²) in [4.78, 5) is 0. The largest absolute Gasteiger partial charge is 0.507 e. The number of benzene rings is 1. The zero-order valence-corrected chi connectivity index (χ0v) is 12.5. The molecule has 20 heavy (non-hydrogen) atoms. The molecule has 0 spiro atoms. The molecule has 1 fully saturated rings. The standard InChI is InChI=1S/C15H21N3OS/c1-11-6-2-4-8-13(11)17-15(20)18-16-10-12-7-3-5-9-14(12)19/h3,5,7,9-11,13,19H,2,4,6,8H2,1H3,(H2,17,18,20)/b16-10+/t11-,13+/m1/s1. The van der Waals surface area contributed by atoms with E-state index < -0.39 is 0 Å². The predicted octanol–water partition coefficient (Wildman–Crippen LogP) is 2.77. The van der Waals surface area contributed by atoms with E-state index in [2.05, 4.69) is 22.8 Å². The normalized spacial score (nSPS) is 22.6. The third kappa shape index (κ3) is 4.20. The molecule has 0 unspecified atom stereocenters. The molecule has 2 rings (SSSR count). The van der Waals surface area contributed by atoms with E-state index in [1.54, 1.807) is 24.4 Å². The van der Waals surface area contributed by atoms with E-state index in [4.69, 9.17) is 12.2 Å². The lowest BCUT2D eigenvalue weighted by atomic mass is 9.86. The predicted molar refractivity (Wildman–Crippen MR) is 86.0 cm³/mol. The van der Waals surface area contributed by atoms with Gasteiger partial charge in [0.15, 0.2) is 5.11 Å². The summed E-state index contributed by atoms with van der Waals surface area (Å²) in [7, 11) is 0. The van der Waals surface area contributed by atoms with E-state index in [0.717, 1.165) is 6.42 Å². The summed E-state index contributed by atoms with van der Waals surface area (Å²) in [5.74, 6) is 0.850. The minimum atomic E-state index is 0.206. The summed E-state index contributed by atoms with van der Waals surface area (Å²) in [6, 6.07) is 7.48. The first kappa shape index (κ1) is 14.8. The van der Waals surface area contributed by atoms with Crippen molar-refractivity contribution in [3.05, 3.63) is 29.8 Å². The SMILES string of the molecule is C[C@@H]1CCCC[C@@H]1NC(=S)N/N=C/c1ccccc1O. The van der Waals surface area contributed by atoms with Crippen molar-refractivity contribution in [3.63, 3.8) is 0 Å². The number of phenols is 1. The van der Waals surface area contributed by atoms with Crippen LogP contribution in [0.2, 0.25) is 0 Å². The molecule has 5 heteroatoms. The summed E-state index contributed by atoms with van der Waals surface area (Å²) in [6.45, 7) is 2.25. The van der Waals surface area contributed by atoms with Crippen molar-refractivity contribution in [1.29, 1.82) is 0 Å². The van der Waals surface area contributed by atoms with Gasteiger partial charge >= 0.3 is 0 Å². The van der Waals surface area contributed by atoms with Crippen LogP contribution in [0, 0.1) is 5.92 Å². The fourth-order valence-electron chi connectivity index (χ4n) is 2.49. The quantitative estimate of drug-likeness (QED) is 0.455. The zero-order chi connectivity index (χ0) is 14.4. The van der Waals surface area contributed by atoms with Gasteiger partial charge in [0, 0.05) is 11.6 Å². The number of para-hydroxylation sites is 1. The Morgan fingerprint density at radius 2 is 2.10 bits per heavy atom. The van der Waals surface area contributed by atoms with Crippen molar-refractivity contribution in [3.8, 4) is 5.75 Å². The van der Waals surface area contributed by atoms with Crippen LogP contribution in [0.1, 0.15) is 38.2 Å². The lowest BCUT2D eigenvalue weighted by molar-refractivity contribution is 0.308. The van der Waals surface area contributed by atoms with E-state index in [9.17, 15) is 5.11 Å². The Labute approximate surface area is 125 Å².